The number of fused-ring (bicyclic) bond motifs is 2. The predicted molar refractivity (Wildman–Crippen MR) is 137 cm³/mol. The van der Waals surface area contributed by atoms with E-state index < -0.39 is 23.1 Å². The monoisotopic (exact) mass is 488 g/mol. The van der Waals surface area contributed by atoms with Crippen LogP contribution < -0.4 is 21.9 Å². The molecular weight excluding hydrogens is 460 g/mol. The van der Waals surface area contributed by atoms with Gasteiger partial charge in [-0.3, -0.25) is 9.59 Å². The van der Waals surface area contributed by atoms with Gasteiger partial charge in [0.2, 0.25) is 0 Å². The quantitative estimate of drug-likeness (QED) is 0.239. The molecule has 0 atom stereocenters. The number of benzene rings is 2. The summed E-state index contributed by atoms with van der Waals surface area (Å²) in [4.78, 5) is 48.8. The van der Waals surface area contributed by atoms with Crippen LogP contribution in [0.5, 0.6) is 0 Å². The zero-order valence-electron chi connectivity index (χ0n) is 19.9. The second-order valence-electron chi connectivity index (χ2n) is 8.60. The first kappa shape index (κ1) is 24.9. The van der Waals surface area contributed by atoms with Gasteiger partial charge in [0.25, 0.3) is 11.8 Å². The van der Waals surface area contributed by atoms with Crippen molar-refractivity contribution in [1.82, 2.24) is 10.6 Å². The molecule has 2 N–H and O–H groups in total. The van der Waals surface area contributed by atoms with Crippen molar-refractivity contribution in [3.63, 3.8) is 0 Å². The minimum Gasteiger partial charge on any atom is -0.422 e. The first-order chi connectivity index (χ1) is 17.5. The molecule has 8 heteroatoms. The lowest BCUT2D eigenvalue weighted by Crippen LogP contribution is -2.29. The van der Waals surface area contributed by atoms with Gasteiger partial charge < -0.3 is 19.5 Å². The highest BCUT2D eigenvalue weighted by molar-refractivity contribution is 5.97. The first-order valence-electron chi connectivity index (χ1n) is 12.1. The average Bonchev–Trinajstić information content (AvgIpc) is 2.88. The van der Waals surface area contributed by atoms with E-state index in [4.69, 9.17) is 8.83 Å². The molecule has 0 saturated heterocycles. The SMILES string of the molecule is O=C(NCCCCCCCCNC(=O)c1cc2ccccc2oc1=O)c1cc2ccccc2oc1=O. The van der Waals surface area contributed by atoms with E-state index in [2.05, 4.69) is 10.6 Å². The maximum Gasteiger partial charge on any atom is 0.349 e. The van der Waals surface area contributed by atoms with E-state index in [9.17, 15) is 19.2 Å². The highest BCUT2D eigenvalue weighted by Crippen LogP contribution is 2.14. The molecule has 0 unspecified atom stereocenters. The van der Waals surface area contributed by atoms with Crippen molar-refractivity contribution in [1.29, 1.82) is 0 Å². The number of hydrogen-bond acceptors (Lipinski definition) is 6. The molecule has 2 aromatic carbocycles. The van der Waals surface area contributed by atoms with E-state index in [1.807, 2.05) is 12.1 Å². The predicted octanol–water partition coefficient (Wildman–Crippen LogP) is 4.40. The van der Waals surface area contributed by atoms with Crippen LogP contribution in [0.15, 0.2) is 79.1 Å². The molecule has 0 aliphatic heterocycles. The Morgan fingerprint density at radius 3 is 1.42 bits per heavy atom. The maximum absolute atomic E-state index is 12.3. The fourth-order valence-corrected chi connectivity index (χ4v) is 3.99. The van der Waals surface area contributed by atoms with Crippen LogP contribution in [0, 0.1) is 0 Å². The zero-order chi connectivity index (χ0) is 25.3. The number of amides is 2. The third kappa shape index (κ3) is 6.27. The van der Waals surface area contributed by atoms with Gasteiger partial charge in [0, 0.05) is 23.9 Å². The Morgan fingerprint density at radius 2 is 0.972 bits per heavy atom. The molecular formula is C28H28N2O6. The number of hydrogen-bond donors (Lipinski definition) is 2. The van der Waals surface area contributed by atoms with Crippen LogP contribution in [0.2, 0.25) is 0 Å². The van der Waals surface area contributed by atoms with Gasteiger partial charge in [-0.05, 0) is 37.1 Å². The molecule has 0 fully saturated rings. The molecule has 0 radical (unpaired) electrons. The highest BCUT2D eigenvalue weighted by atomic mass is 16.4. The molecule has 0 aliphatic rings. The minimum atomic E-state index is -0.639. The van der Waals surface area contributed by atoms with Crippen molar-refractivity contribution < 1.29 is 18.4 Å². The van der Waals surface area contributed by atoms with Crippen LogP contribution in [0.4, 0.5) is 0 Å². The zero-order valence-corrected chi connectivity index (χ0v) is 19.9. The summed E-state index contributed by atoms with van der Waals surface area (Å²) >= 11 is 0. The van der Waals surface area contributed by atoms with Gasteiger partial charge in [0.05, 0.1) is 0 Å². The van der Waals surface area contributed by atoms with Crippen molar-refractivity contribution in [2.75, 3.05) is 13.1 Å². The van der Waals surface area contributed by atoms with Gasteiger partial charge in [0.15, 0.2) is 0 Å². The molecule has 0 aliphatic carbocycles. The van der Waals surface area contributed by atoms with Crippen molar-refractivity contribution in [3.05, 3.63) is 92.6 Å². The van der Waals surface area contributed by atoms with E-state index in [0.717, 1.165) is 38.5 Å². The van der Waals surface area contributed by atoms with Crippen molar-refractivity contribution in [2.45, 2.75) is 38.5 Å². The van der Waals surface area contributed by atoms with Gasteiger partial charge in [-0.2, -0.15) is 0 Å². The molecule has 4 aromatic rings. The number of rotatable bonds is 11. The molecule has 2 amide bonds. The van der Waals surface area contributed by atoms with Gasteiger partial charge in [-0.25, -0.2) is 9.59 Å². The lowest BCUT2D eigenvalue weighted by molar-refractivity contribution is 0.0940. The molecule has 0 saturated carbocycles. The largest absolute Gasteiger partial charge is 0.422 e. The van der Waals surface area contributed by atoms with Crippen molar-refractivity contribution in [2.24, 2.45) is 0 Å². The Hall–Kier alpha value is -4.20. The highest BCUT2D eigenvalue weighted by Gasteiger charge is 2.14. The molecule has 0 spiro atoms. The van der Waals surface area contributed by atoms with Gasteiger partial charge in [-0.15, -0.1) is 0 Å². The molecule has 186 valence electrons. The van der Waals surface area contributed by atoms with Crippen LogP contribution in [0.1, 0.15) is 59.2 Å². The summed E-state index contributed by atoms with van der Waals surface area (Å²) in [6.45, 7) is 0.963. The Bertz CT molecular complexity index is 1370. The molecule has 4 rings (SSSR count). The summed E-state index contributed by atoms with van der Waals surface area (Å²) in [5.41, 5.74) is -0.343. The van der Waals surface area contributed by atoms with Crippen molar-refractivity contribution in [3.8, 4) is 0 Å². The normalized spacial score (nSPS) is 11.0. The molecule has 2 heterocycles. The van der Waals surface area contributed by atoms with E-state index in [1.165, 1.54) is 0 Å². The van der Waals surface area contributed by atoms with E-state index in [-0.39, 0.29) is 11.1 Å². The number of unbranched alkanes of at least 4 members (excludes halogenated alkanes) is 5. The second-order valence-corrected chi connectivity index (χ2v) is 8.60. The fourth-order valence-electron chi connectivity index (χ4n) is 3.99. The Morgan fingerprint density at radius 1 is 0.583 bits per heavy atom. The summed E-state index contributed by atoms with van der Waals surface area (Å²) < 4.78 is 10.4. The van der Waals surface area contributed by atoms with E-state index in [0.29, 0.717) is 35.0 Å². The van der Waals surface area contributed by atoms with E-state index in [1.54, 1.807) is 48.5 Å². The van der Waals surface area contributed by atoms with Crippen LogP contribution >= 0.6 is 0 Å². The smallest absolute Gasteiger partial charge is 0.349 e. The van der Waals surface area contributed by atoms with Gasteiger partial charge in [-0.1, -0.05) is 62.1 Å². The maximum atomic E-state index is 12.3. The fraction of sp³-hybridized carbons (Fsp3) is 0.286. The lowest BCUT2D eigenvalue weighted by atomic mass is 10.1. The topological polar surface area (TPSA) is 119 Å². The summed E-state index contributed by atoms with van der Waals surface area (Å²) in [6.07, 6.45) is 5.48. The second kappa shape index (κ2) is 12.0. The lowest BCUT2D eigenvalue weighted by Gasteiger charge is -2.06. The third-order valence-corrected chi connectivity index (χ3v) is 5.95. The minimum absolute atomic E-state index is 0.0113. The summed E-state index contributed by atoms with van der Waals surface area (Å²) in [6, 6.07) is 17.3. The molecule has 0 bridgehead atoms. The Labute approximate surface area is 207 Å². The van der Waals surface area contributed by atoms with Crippen LogP contribution in [0.3, 0.4) is 0 Å². The Balaban J connectivity index is 1.09. The number of carbonyl (C=O) groups excluding carboxylic acids is 2. The van der Waals surface area contributed by atoms with Crippen LogP contribution in [-0.4, -0.2) is 24.9 Å². The average molecular weight is 489 g/mol. The molecule has 8 nitrogen and oxygen atoms in total. The summed E-state index contributed by atoms with van der Waals surface area (Å²) in [5, 5.41) is 6.97. The summed E-state index contributed by atoms with van der Waals surface area (Å²) in [5.74, 6) is -0.851. The summed E-state index contributed by atoms with van der Waals surface area (Å²) in [7, 11) is 0. The molecule has 2 aromatic heterocycles. The van der Waals surface area contributed by atoms with Gasteiger partial charge in [0.1, 0.15) is 22.3 Å². The van der Waals surface area contributed by atoms with Crippen molar-refractivity contribution >= 4 is 33.8 Å². The van der Waals surface area contributed by atoms with Crippen LogP contribution in [0.25, 0.3) is 21.9 Å². The van der Waals surface area contributed by atoms with E-state index >= 15 is 0 Å². The number of carbonyl (C=O) groups is 2. The number of para-hydroxylation sites is 2. The van der Waals surface area contributed by atoms with Crippen LogP contribution in [-0.2, 0) is 0 Å². The standard InChI is InChI=1S/C28H28N2O6/c31-25(21-17-19-11-5-7-13-23(19)35-27(21)33)29-15-9-3-1-2-4-10-16-30-26(32)22-18-20-12-6-8-14-24(20)36-28(22)34/h5-8,11-14,17-18H,1-4,9-10,15-16H2,(H,29,31)(H,30,32). The first-order valence-corrected chi connectivity index (χ1v) is 12.1. The van der Waals surface area contributed by atoms with Gasteiger partial charge >= 0.3 is 11.3 Å². The number of nitrogens with one attached hydrogen (secondary N) is 2. The Kier molecular flexibility index (Phi) is 8.28. The molecule has 36 heavy (non-hydrogen) atoms. The third-order valence-electron chi connectivity index (χ3n) is 5.95.